The van der Waals surface area contributed by atoms with E-state index in [0.29, 0.717) is 5.92 Å². The predicted octanol–water partition coefficient (Wildman–Crippen LogP) is 1.07. The fourth-order valence-electron chi connectivity index (χ4n) is 2.19. The minimum atomic E-state index is 0.603. The molecule has 0 aromatic carbocycles. The third-order valence-corrected chi connectivity index (χ3v) is 4.17. The molecule has 0 spiro atoms. The van der Waals surface area contributed by atoms with Crippen molar-refractivity contribution in [2.45, 2.75) is 26.9 Å². The molecule has 1 aromatic heterocycles. The van der Waals surface area contributed by atoms with Crippen molar-refractivity contribution in [3.05, 3.63) is 12.2 Å². The van der Waals surface area contributed by atoms with Gasteiger partial charge in [0.15, 0.2) is 0 Å². The van der Waals surface area contributed by atoms with Crippen LogP contribution in [0.4, 0.5) is 0 Å². The monoisotopic (exact) mass is 283 g/mol. The summed E-state index contributed by atoms with van der Waals surface area (Å²) in [6.07, 6.45) is 1.65. The van der Waals surface area contributed by atoms with Crippen molar-refractivity contribution in [1.82, 2.24) is 25.0 Å². The lowest BCUT2D eigenvalue weighted by Gasteiger charge is -2.26. The number of rotatable bonds is 7. The van der Waals surface area contributed by atoms with Gasteiger partial charge in [0.05, 0.1) is 6.54 Å². The minimum Gasteiger partial charge on any atom is -0.309 e. The molecule has 1 aliphatic heterocycles. The number of hydrogen-bond acceptors (Lipinski definition) is 5. The van der Waals surface area contributed by atoms with Crippen LogP contribution in [0.5, 0.6) is 0 Å². The number of nitrogens with one attached hydrogen (secondary N) is 1. The summed E-state index contributed by atoms with van der Waals surface area (Å²) >= 11 is 2.06. The van der Waals surface area contributed by atoms with Gasteiger partial charge in [-0.2, -0.15) is 16.9 Å². The molecule has 108 valence electrons. The average molecular weight is 283 g/mol. The van der Waals surface area contributed by atoms with Gasteiger partial charge < -0.3 is 10.2 Å². The molecule has 2 heterocycles. The molecule has 0 atom stereocenters. The SMILES string of the molecule is CC(C)Cn1ncnc1CNCCN1CCSCC1. The van der Waals surface area contributed by atoms with Crippen molar-refractivity contribution in [3.8, 4) is 0 Å². The van der Waals surface area contributed by atoms with Crippen molar-refractivity contribution in [2.75, 3.05) is 37.7 Å². The van der Waals surface area contributed by atoms with E-state index >= 15 is 0 Å². The molecule has 1 N–H and O–H groups in total. The van der Waals surface area contributed by atoms with E-state index in [2.05, 4.69) is 45.9 Å². The smallest absolute Gasteiger partial charge is 0.140 e. The zero-order valence-electron chi connectivity index (χ0n) is 12.0. The second-order valence-electron chi connectivity index (χ2n) is 5.38. The fraction of sp³-hybridized carbons (Fsp3) is 0.846. The van der Waals surface area contributed by atoms with E-state index < -0.39 is 0 Å². The maximum absolute atomic E-state index is 4.33. The van der Waals surface area contributed by atoms with E-state index in [1.54, 1.807) is 6.33 Å². The van der Waals surface area contributed by atoms with Gasteiger partial charge in [-0.15, -0.1) is 0 Å². The summed E-state index contributed by atoms with van der Waals surface area (Å²) in [6, 6.07) is 0. The first-order valence-corrected chi connectivity index (χ1v) is 8.28. The topological polar surface area (TPSA) is 46.0 Å². The highest BCUT2D eigenvalue weighted by Gasteiger charge is 2.10. The van der Waals surface area contributed by atoms with Crippen molar-refractivity contribution < 1.29 is 0 Å². The first-order chi connectivity index (χ1) is 9.25. The lowest BCUT2D eigenvalue weighted by atomic mass is 10.2. The molecule has 6 heteroatoms. The van der Waals surface area contributed by atoms with Gasteiger partial charge in [0.25, 0.3) is 0 Å². The summed E-state index contributed by atoms with van der Waals surface area (Å²) in [6.45, 7) is 10.8. The summed E-state index contributed by atoms with van der Waals surface area (Å²) in [7, 11) is 0. The van der Waals surface area contributed by atoms with Crippen LogP contribution >= 0.6 is 11.8 Å². The third kappa shape index (κ3) is 5.12. The molecule has 5 nitrogen and oxygen atoms in total. The molecular formula is C13H25N5S. The lowest BCUT2D eigenvalue weighted by molar-refractivity contribution is 0.300. The van der Waals surface area contributed by atoms with Gasteiger partial charge in [-0.25, -0.2) is 9.67 Å². The largest absolute Gasteiger partial charge is 0.309 e. The van der Waals surface area contributed by atoms with Crippen LogP contribution in [0.15, 0.2) is 6.33 Å². The van der Waals surface area contributed by atoms with E-state index in [0.717, 1.165) is 32.0 Å². The van der Waals surface area contributed by atoms with Gasteiger partial charge in [0.2, 0.25) is 0 Å². The van der Waals surface area contributed by atoms with E-state index in [9.17, 15) is 0 Å². The second kappa shape index (κ2) is 7.87. The van der Waals surface area contributed by atoms with Gasteiger partial charge in [-0.3, -0.25) is 0 Å². The van der Waals surface area contributed by atoms with Crippen LogP contribution in [0.25, 0.3) is 0 Å². The number of nitrogens with zero attached hydrogens (tertiary/aromatic N) is 4. The first-order valence-electron chi connectivity index (χ1n) is 7.13. The molecule has 0 unspecified atom stereocenters. The Hall–Kier alpha value is -0.590. The van der Waals surface area contributed by atoms with Crippen molar-refractivity contribution in [2.24, 2.45) is 5.92 Å². The lowest BCUT2D eigenvalue weighted by Crippen LogP contribution is -2.37. The van der Waals surface area contributed by atoms with Gasteiger partial charge in [-0.05, 0) is 5.92 Å². The molecule has 0 aliphatic carbocycles. The number of aromatic nitrogens is 3. The highest BCUT2D eigenvalue weighted by molar-refractivity contribution is 7.99. The van der Waals surface area contributed by atoms with Gasteiger partial charge in [0.1, 0.15) is 12.2 Å². The fourth-order valence-corrected chi connectivity index (χ4v) is 3.16. The van der Waals surface area contributed by atoms with Crippen LogP contribution in [0.1, 0.15) is 19.7 Å². The molecule has 2 rings (SSSR count). The zero-order valence-corrected chi connectivity index (χ0v) is 12.8. The van der Waals surface area contributed by atoms with Crippen LogP contribution < -0.4 is 5.32 Å². The summed E-state index contributed by atoms with van der Waals surface area (Å²) in [5, 5.41) is 7.75. The van der Waals surface area contributed by atoms with Gasteiger partial charge in [0, 0.05) is 44.2 Å². The average Bonchev–Trinajstić information content (AvgIpc) is 2.82. The molecule has 0 radical (unpaired) electrons. The van der Waals surface area contributed by atoms with E-state index in [-0.39, 0.29) is 0 Å². The van der Waals surface area contributed by atoms with Gasteiger partial charge >= 0.3 is 0 Å². The van der Waals surface area contributed by atoms with Crippen molar-refractivity contribution in [3.63, 3.8) is 0 Å². The molecule has 1 fully saturated rings. The van der Waals surface area contributed by atoms with Crippen LogP contribution in [0, 0.1) is 5.92 Å². The molecule has 0 amide bonds. The Balaban J connectivity index is 1.66. The molecular weight excluding hydrogens is 258 g/mol. The van der Waals surface area contributed by atoms with Crippen LogP contribution in [-0.2, 0) is 13.1 Å². The molecule has 0 saturated carbocycles. The van der Waals surface area contributed by atoms with Crippen LogP contribution in [-0.4, -0.2) is 57.3 Å². The Kier molecular flexibility index (Phi) is 6.13. The molecule has 0 bridgehead atoms. The van der Waals surface area contributed by atoms with E-state index in [1.807, 2.05) is 4.68 Å². The summed E-state index contributed by atoms with van der Waals surface area (Å²) in [5.41, 5.74) is 0. The molecule has 1 aliphatic rings. The highest BCUT2D eigenvalue weighted by Crippen LogP contribution is 2.08. The van der Waals surface area contributed by atoms with Crippen molar-refractivity contribution >= 4 is 11.8 Å². The number of thioether (sulfide) groups is 1. The second-order valence-corrected chi connectivity index (χ2v) is 6.61. The summed E-state index contributed by atoms with van der Waals surface area (Å²) in [4.78, 5) is 6.86. The first kappa shape index (κ1) is 14.8. The van der Waals surface area contributed by atoms with Gasteiger partial charge in [-0.1, -0.05) is 13.8 Å². The Morgan fingerprint density at radius 2 is 2.16 bits per heavy atom. The summed E-state index contributed by atoms with van der Waals surface area (Å²) in [5.74, 6) is 4.21. The van der Waals surface area contributed by atoms with E-state index in [4.69, 9.17) is 0 Å². The molecule has 1 saturated heterocycles. The quantitative estimate of drug-likeness (QED) is 0.759. The Morgan fingerprint density at radius 3 is 2.89 bits per heavy atom. The minimum absolute atomic E-state index is 0.603. The Morgan fingerprint density at radius 1 is 1.37 bits per heavy atom. The number of hydrogen-bond donors (Lipinski definition) is 1. The standard InChI is InChI=1S/C13H25N5S/c1-12(2)10-18-13(15-11-16-18)9-14-3-4-17-5-7-19-8-6-17/h11-12,14H,3-10H2,1-2H3. The van der Waals surface area contributed by atoms with E-state index in [1.165, 1.54) is 24.6 Å². The van der Waals surface area contributed by atoms with Crippen LogP contribution in [0.2, 0.25) is 0 Å². The van der Waals surface area contributed by atoms with Crippen molar-refractivity contribution in [1.29, 1.82) is 0 Å². The Bertz CT molecular complexity index is 360. The maximum Gasteiger partial charge on any atom is 0.140 e. The maximum atomic E-state index is 4.33. The predicted molar refractivity (Wildman–Crippen MR) is 80.3 cm³/mol. The molecule has 1 aromatic rings. The van der Waals surface area contributed by atoms with Crippen LogP contribution in [0.3, 0.4) is 0 Å². The summed E-state index contributed by atoms with van der Waals surface area (Å²) < 4.78 is 2.01. The highest BCUT2D eigenvalue weighted by atomic mass is 32.2. The normalized spacial score (nSPS) is 17.2. The molecule has 19 heavy (non-hydrogen) atoms. The zero-order chi connectivity index (χ0) is 13.5. The third-order valence-electron chi connectivity index (χ3n) is 3.23. The Labute approximate surface area is 120 Å².